The summed E-state index contributed by atoms with van der Waals surface area (Å²) in [6.07, 6.45) is 3.03. The highest BCUT2D eigenvalue weighted by molar-refractivity contribution is 5.86. The molecule has 0 aromatic heterocycles. The van der Waals surface area contributed by atoms with Crippen LogP contribution >= 0.6 is 0 Å². The van der Waals surface area contributed by atoms with Gasteiger partial charge in [-0.15, -0.1) is 0 Å². The Hall–Kier alpha value is -1.92. The minimum atomic E-state index is -0.856. The van der Waals surface area contributed by atoms with Gasteiger partial charge in [-0.1, -0.05) is 19.1 Å². The molecule has 0 bridgehead atoms. The number of hydroxylamine groups is 1. The number of phenolic OH excluding ortho intramolecular Hbond substituents is 1. The topological polar surface area (TPSA) is 89.8 Å². The lowest BCUT2D eigenvalue weighted by Gasteiger charge is -2.18. The van der Waals surface area contributed by atoms with Gasteiger partial charge in [-0.2, -0.15) is 0 Å². The number of aliphatic hydroxyl groups excluding tert-OH is 1. The minimum absolute atomic E-state index is 0.152. The van der Waals surface area contributed by atoms with Crippen molar-refractivity contribution in [3.8, 4) is 5.75 Å². The highest BCUT2D eigenvalue weighted by Crippen LogP contribution is 2.28. The lowest BCUT2D eigenvalue weighted by atomic mass is 9.93. The van der Waals surface area contributed by atoms with Crippen molar-refractivity contribution in [2.24, 2.45) is 5.92 Å². The fourth-order valence-corrected chi connectivity index (χ4v) is 1.78. The first-order valence-corrected chi connectivity index (χ1v) is 6.22. The van der Waals surface area contributed by atoms with Gasteiger partial charge in [0.25, 0.3) is 5.91 Å². The van der Waals surface area contributed by atoms with Crippen LogP contribution in [0.5, 0.6) is 5.75 Å². The van der Waals surface area contributed by atoms with Crippen molar-refractivity contribution in [2.75, 3.05) is 0 Å². The number of phenols is 1. The maximum absolute atomic E-state index is 13.2. The number of amides is 1. The first-order valence-electron chi connectivity index (χ1n) is 6.22. The lowest BCUT2D eigenvalue weighted by Crippen LogP contribution is -2.15. The number of allylic oxidation sites excluding steroid dienone is 1. The fraction of sp³-hybridized carbons (Fsp3) is 0.357. The molecule has 0 saturated heterocycles. The van der Waals surface area contributed by atoms with Gasteiger partial charge in [-0.05, 0) is 36.5 Å². The number of rotatable bonds is 6. The van der Waals surface area contributed by atoms with E-state index in [0.717, 1.165) is 6.07 Å². The molecule has 2 atom stereocenters. The lowest BCUT2D eigenvalue weighted by molar-refractivity contribution is -0.124. The van der Waals surface area contributed by atoms with Gasteiger partial charge in [0.15, 0.2) is 11.6 Å². The van der Waals surface area contributed by atoms with Gasteiger partial charge >= 0.3 is 0 Å². The van der Waals surface area contributed by atoms with Gasteiger partial charge in [-0.3, -0.25) is 10.0 Å². The monoisotopic (exact) mass is 283 g/mol. The molecular weight excluding hydrogens is 265 g/mol. The molecule has 5 nitrogen and oxygen atoms in total. The Bertz CT molecular complexity index is 490. The van der Waals surface area contributed by atoms with E-state index in [4.69, 9.17) is 10.3 Å². The van der Waals surface area contributed by atoms with E-state index in [1.165, 1.54) is 23.7 Å². The number of hydrogen-bond donors (Lipinski definition) is 4. The second-order valence-corrected chi connectivity index (χ2v) is 4.59. The van der Waals surface area contributed by atoms with Crippen molar-refractivity contribution < 1.29 is 24.6 Å². The third-order valence-corrected chi connectivity index (χ3v) is 3.02. The van der Waals surface area contributed by atoms with Gasteiger partial charge < -0.3 is 10.2 Å². The average Bonchev–Trinajstić information content (AvgIpc) is 2.45. The molecule has 0 unspecified atom stereocenters. The van der Waals surface area contributed by atoms with Gasteiger partial charge in [0.05, 0.1) is 6.10 Å². The van der Waals surface area contributed by atoms with Crippen molar-refractivity contribution in [1.29, 1.82) is 0 Å². The molecule has 1 rings (SSSR count). The first kappa shape index (κ1) is 16.1. The normalized spacial score (nSPS) is 14.2. The highest BCUT2D eigenvalue weighted by Gasteiger charge is 2.17. The number of aliphatic hydroxyl groups is 1. The molecule has 1 amide bonds. The second kappa shape index (κ2) is 7.62. The summed E-state index contributed by atoms with van der Waals surface area (Å²) in [5, 5.41) is 27.4. The van der Waals surface area contributed by atoms with Crippen molar-refractivity contribution >= 4 is 5.91 Å². The number of halogens is 1. The van der Waals surface area contributed by atoms with E-state index in [2.05, 4.69) is 0 Å². The van der Waals surface area contributed by atoms with Crippen molar-refractivity contribution in [1.82, 2.24) is 5.48 Å². The summed E-state index contributed by atoms with van der Waals surface area (Å²) in [5.41, 5.74) is 1.87. The fourth-order valence-electron chi connectivity index (χ4n) is 1.78. The highest BCUT2D eigenvalue weighted by atomic mass is 19.1. The van der Waals surface area contributed by atoms with Crippen LogP contribution in [0.3, 0.4) is 0 Å². The Balaban J connectivity index is 2.54. The molecule has 1 aromatic rings. The number of carbonyl (C=O) groups is 1. The Labute approximate surface area is 116 Å². The summed E-state index contributed by atoms with van der Waals surface area (Å²) in [7, 11) is 0. The van der Waals surface area contributed by atoms with Crippen LogP contribution in [0.4, 0.5) is 4.39 Å². The van der Waals surface area contributed by atoms with E-state index in [9.17, 15) is 14.3 Å². The Kier molecular flexibility index (Phi) is 6.14. The molecule has 0 saturated carbocycles. The summed E-state index contributed by atoms with van der Waals surface area (Å²) in [6.45, 7) is 1.80. The first-order chi connectivity index (χ1) is 9.45. The zero-order chi connectivity index (χ0) is 15.1. The van der Waals surface area contributed by atoms with Crippen LogP contribution < -0.4 is 5.48 Å². The van der Waals surface area contributed by atoms with Crippen molar-refractivity contribution in [3.05, 3.63) is 41.7 Å². The van der Waals surface area contributed by atoms with E-state index in [0.29, 0.717) is 18.4 Å². The molecular formula is C14H18FNO4. The van der Waals surface area contributed by atoms with Crippen LogP contribution in [0, 0.1) is 11.7 Å². The third-order valence-electron chi connectivity index (χ3n) is 3.02. The second-order valence-electron chi connectivity index (χ2n) is 4.59. The van der Waals surface area contributed by atoms with E-state index >= 15 is 0 Å². The summed E-state index contributed by atoms with van der Waals surface area (Å²) in [4.78, 5) is 10.7. The number of hydrogen-bond acceptors (Lipinski definition) is 4. The van der Waals surface area contributed by atoms with E-state index in [1.807, 2.05) is 0 Å². The largest absolute Gasteiger partial charge is 0.505 e. The molecule has 0 aliphatic rings. The number of aromatic hydroxyl groups is 1. The van der Waals surface area contributed by atoms with Crippen LogP contribution in [-0.4, -0.2) is 21.3 Å². The molecule has 20 heavy (non-hydrogen) atoms. The van der Waals surface area contributed by atoms with Gasteiger partial charge in [0.1, 0.15) is 0 Å². The zero-order valence-electron chi connectivity index (χ0n) is 11.1. The van der Waals surface area contributed by atoms with Crippen molar-refractivity contribution in [2.45, 2.75) is 25.9 Å². The predicted molar refractivity (Wildman–Crippen MR) is 70.5 cm³/mol. The summed E-state index contributed by atoms with van der Waals surface area (Å²) in [6, 6.07) is 3.77. The molecule has 6 heteroatoms. The quantitative estimate of drug-likeness (QED) is 0.365. The Morgan fingerprint density at radius 3 is 2.80 bits per heavy atom. The molecule has 0 fully saturated rings. The maximum Gasteiger partial charge on any atom is 0.267 e. The Morgan fingerprint density at radius 2 is 2.20 bits per heavy atom. The number of nitrogens with one attached hydrogen (secondary N) is 1. The van der Waals surface area contributed by atoms with Gasteiger partial charge in [0.2, 0.25) is 0 Å². The Morgan fingerprint density at radius 1 is 1.50 bits per heavy atom. The van der Waals surface area contributed by atoms with Gasteiger partial charge in [-0.25, -0.2) is 9.87 Å². The summed E-state index contributed by atoms with van der Waals surface area (Å²) >= 11 is 0. The molecule has 110 valence electrons. The summed E-state index contributed by atoms with van der Waals surface area (Å²) < 4.78 is 13.2. The number of benzene rings is 1. The van der Waals surface area contributed by atoms with Crippen LogP contribution in [0.1, 0.15) is 31.4 Å². The van der Waals surface area contributed by atoms with Crippen LogP contribution in [0.25, 0.3) is 0 Å². The van der Waals surface area contributed by atoms with E-state index < -0.39 is 23.6 Å². The van der Waals surface area contributed by atoms with Gasteiger partial charge in [0, 0.05) is 6.08 Å². The molecule has 1 aromatic carbocycles. The number of carbonyl (C=O) groups excluding carboxylic acids is 1. The molecule has 4 N–H and O–H groups in total. The van der Waals surface area contributed by atoms with E-state index in [-0.39, 0.29) is 5.92 Å². The van der Waals surface area contributed by atoms with Crippen molar-refractivity contribution in [3.63, 3.8) is 0 Å². The average molecular weight is 283 g/mol. The van der Waals surface area contributed by atoms with E-state index in [1.54, 1.807) is 13.0 Å². The van der Waals surface area contributed by atoms with Crippen LogP contribution in [0.2, 0.25) is 0 Å². The van der Waals surface area contributed by atoms with Crippen LogP contribution in [0.15, 0.2) is 30.4 Å². The molecule has 0 radical (unpaired) electrons. The SMILES string of the molecule is C[C@H](CC/C=C/C(=O)NO)[C@H](O)c1ccc(O)c(F)c1. The molecule has 0 heterocycles. The smallest absolute Gasteiger partial charge is 0.267 e. The minimum Gasteiger partial charge on any atom is -0.505 e. The predicted octanol–water partition coefficient (Wildman–Crippen LogP) is 2.04. The molecule has 0 aliphatic heterocycles. The zero-order valence-corrected chi connectivity index (χ0v) is 11.1. The standard InChI is InChI=1S/C14H18FNO4/c1-9(4-2-3-5-13(18)16-20)14(19)10-6-7-12(17)11(15)8-10/h3,5-9,14,17,19-20H,2,4H2,1H3,(H,16,18)/b5-3+/t9-,14+/m1/s1. The van der Waals surface area contributed by atoms with Crippen LogP contribution in [-0.2, 0) is 4.79 Å². The summed E-state index contributed by atoms with van der Waals surface area (Å²) in [5.74, 6) is -1.99. The third kappa shape index (κ3) is 4.64. The molecule has 0 spiro atoms. The maximum atomic E-state index is 13.2. The molecule has 0 aliphatic carbocycles.